The number of isocyanates is 1. The predicted octanol–water partition coefficient (Wildman–Crippen LogP) is 9.78. The van der Waals surface area contributed by atoms with E-state index in [1.54, 1.807) is 129 Å². The highest BCUT2D eigenvalue weighted by Crippen LogP contribution is 2.24. The van der Waals surface area contributed by atoms with Crippen LogP contribution in [0.15, 0.2) is 185 Å². The van der Waals surface area contributed by atoms with Gasteiger partial charge in [-0.2, -0.15) is 4.99 Å². The van der Waals surface area contributed by atoms with Crippen molar-refractivity contribution >= 4 is 47.3 Å². The highest BCUT2D eigenvalue weighted by molar-refractivity contribution is 6.13. The van der Waals surface area contributed by atoms with Crippen molar-refractivity contribution in [1.29, 1.82) is 5.26 Å². The van der Waals surface area contributed by atoms with Crippen molar-refractivity contribution in [3.05, 3.63) is 225 Å². The van der Waals surface area contributed by atoms with Crippen molar-refractivity contribution in [2.24, 2.45) is 15.3 Å². The zero-order valence-corrected chi connectivity index (χ0v) is 38.9. The minimum Gasteiger partial charge on any atom is -0.426 e. The van der Waals surface area contributed by atoms with Crippen LogP contribution in [0.2, 0.25) is 0 Å². The molecule has 0 heterocycles. The molecule has 2 N–H and O–H groups in total. The number of nitrogens with one attached hydrogen (secondary N) is 2. The summed E-state index contributed by atoms with van der Waals surface area (Å²) in [5, 5.41) is 22.6. The third-order valence-corrected chi connectivity index (χ3v) is 10.7. The fourth-order valence-corrected chi connectivity index (χ4v) is 7.05. The van der Waals surface area contributed by atoms with Gasteiger partial charge in [0.2, 0.25) is 6.08 Å². The van der Waals surface area contributed by atoms with Crippen LogP contribution in [0.4, 0.5) is 15.3 Å². The molecule has 0 saturated heterocycles. The summed E-state index contributed by atoms with van der Waals surface area (Å²) in [4.78, 5) is 76.4. The molecule has 0 spiro atoms. The van der Waals surface area contributed by atoms with Gasteiger partial charge in [-0.3, -0.25) is 19.3 Å². The maximum Gasteiger partial charge on any atom is 0.433 e. The van der Waals surface area contributed by atoms with Crippen molar-refractivity contribution in [2.75, 3.05) is 0 Å². The second kappa shape index (κ2) is 24.9. The quantitative estimate of drug-likeness (QED) is 0.0157. The number of aliphatic imine (C=N–C) groups is 1. The summed E-state index contributed by atoms with van der Waals surface area (Å²) in [5.74, 6) is -0.0879. The normalized spacial score (nSPS) is 11.0. The predicted molar refractivity (Wildman–Crippen MR) is 265 cm³/mol. The van der Waals surface area contributed by atoms with Crippen LogP contribution >= 0.6 is 0 Å². The lowest BCUT2D eigenvalue weighted by Crippen LogP contribution is -2.24. The molecule has 0 saturated carbocycles. The second-order valence-corrected chi connectivity index (χ2v) is 15.9. The van der Waals surface area contributed by atoms with E-state index in [1.807, 2.05) is 60.7 Å². The lowest BCUT2D eigenvalue weighted by atomic mass is 10.0. The van der Waals surface area contributed by atoms with Gasteiger partial charge in [0.25, 0.3) is 6.26 Å². The van der Waals surface area contributed by atoms with Crippen LogP contribution in [0.5, 0.6) is 17.2 Å². The van der Waals surface area contributed by atoms with Crippen LogP contribution in [0, 0.1) is 25.4 Å². The largest absolute Gasteiger partial charge is 0.433 e. The summed E-state index contributed by atoms with van der Waals surface area (Å²) in [7, 11) is 0. The van der Waals surface area contributed by atoms with Crippen LogP contribution < -0.4 is 24.8 Å². The zero-order valence-electron chi connectivity index (χ0n) is 38.9. The number of esters is 2. The summed E-state index contributed by atoms with van der Waals surface area (Å²) in [6.45, 7) is 3.75. The number of hydrogen-bond donors (Lipinski definition) is 2. The molecule has 7 rings (SSSR count). The third kappa shape index (κ3) is 14.5. The highest BCUT2D eigenvalue weighted by atomic mass is 16.7. The Hall–Kier alpha value is -9.97. The number of aryl methyl sites for hydroxylation is 2. The molecule has 0 unspecified atom stereocenters. The highest BCUT2D eigenvalue weighted by Gasteiger charge is 2.16. The molecular formula is C56H44N6O10. The molecule has 0 atom stereocenters. The Labute approximate surface area is 413 Å². The van der Waals surface area contributed by atoms with Crippen molar-refractivity contribution in [1.82, 2.24) is 10.6 Å². The Balaban J connectivity index is 0.914. The lowest BCUT2D eigenvalue weighted by molar-refractivity contribution is -0.134. The van der Waals surface area contributed by atoms with Gasteiger partial charge in [0.05, 0.1) is 18.5 Å². The van der Waals surface area contributed by atoms with E-state index < -0.39 is 24.1 Å². The van der Waals surface area contributed by atoms with Gasteiger partial charge in [-0.15, -0.1) is 5.26 Å². The minimum atomic E-state index is -0.817. The lowest BCUT2D eigenvalue weighted by Gasteiger charge is -2.10. The van der Waals surface area contributed by atoms with Crippen molar-refractivity contribution < 1.29 is 47.9 Å². The van der Waals surface area contributed by atoms with E-state index in [0.717, 1.165) is 11.1 Å². The van der Waals surface area contributed by atoms with Crippen molar-refractivity contribution in [3.63, 3.8) is 0 Å². The Kier molecular flexibility index (Phi) is 17.2. The van der Waals surface area contributed by atoms with E-state index in [2.05, 4.69) is 25.9 Å². The summed E-state index contributed by atoms with van der Waals surface area (Å²) >= 11 is 0. The molecule has 0 bridgehead atoms. The molecule has 0 radical (unpaired) electrons. The number of amides is 2. The molecule has 2 amide bonds. The summed E-state index contributed by atoms with van der Waals surface area (Å²) < 4.78 is 16.1. The van der Waals surface area contributed by atoms with Gasteiger partial charge in [0.15, 0.2) is 0 Å². The number of oxime groups is 2. The Morgan fingerprint density at radius 1 is 0.514 bits per heavy atom. The van der Waals surface area contributed by atoms with Crippen LogP contribution in [0.25, 0.3) is 0 Å². The molecule has 0 aliphatic rings. The first-order chi connectivity index (χ1) is 35.0. The van der Waals surface area contributed by atoms with E-state index in [4.69, 9.17) is 29.1 Å². The van der Waals surface area contributed by atoms with Gasteiger partial charge in [-0.25, -0.2) is 14.4 Å². The van der Waals surface area contributed by atoms with Crippen molar-refractivity contribution in [3.8, 4) is 23.5 Å². The first-order valence-electron chi connectivity index (χ1n) is 22.2. The maximum atomic E-state index is 12.9. The maximum absolute atomic E-state index is 12.9. The minimum absolute atomic E-state index is 0.0453. The molecule has 7 aromatic carbocycles. The van der Waals surface area contributed by atoms with E-state index in [0.29, 0.717) is 67.4 Å². The average molecular weight is 961 g/mol. The van der Waals surface area contributed by atoms with Gasteiger partial charge < -0.3 is 24.8 Å². The molecule has 7 aromatic rings. The van der Waals surface area contributed by atoms with Crippen molar-refractivity contribution in [2.45, 2.75) is 39.8 Å². The molecule has 16 nitrogen and oxygen atoms in total. The summed E-state index contributed by atoms with van der Waals surface area (Å²) in [6, 6.07) is 48.8. The molecular weight excluding hydrogens is 917 g/mol. The average Bonchev–Trinajstić information content (AvgIpc) is 3.39. The Bertz CT molecular complexity index is 3220. The third-order valence-electron chi connectivity index (χ3n) is 10.7. The van der Waals surface area contributed by atoms with Crippen LogP contribution in [0.1, 0.15) is 55.6 Å². The molecule has 16 heteroatoms. The van der Waals surface area contributed by atoms with Gasteiger partial charge in [0.1, 0.15) is 28.7 Å². The number of benzene rings is 7. The number of carbonyl (C=O) groups is 4. The molecule has 0 fully saturated rings. The van der Waals surface area contributed by atoms with E-state index >= 15 is 0 Å². The molecule has 0 aromatic heterocycles. The monoisotopic (exact) mass is 960 g/mol. The SMILES string of the molecule is Cc1ccc(CC(=O)Oc2ccc(/C(=N/OC(=O)NCc3cccc(CNC(=O)O/N=C(\c4ccccc4)c4ccc(OC(=O)Cc5ccc(C)c(OC#N)c5)cc4)c3)c3ccccc3)cc2)cc1N=C=O. The number of nitriles is 1. The number of ether oxygens (including phenoxy) is 3. The van der Waals surface area contributed by atoms with E-state index in [9.17, 15) is 24.0 Å². The van der Waals surface area contributed by atoms with E-state index in [-0.39, 0.29) is 37.4 Å². The van der Waals surface area contributed by atoms with Gasteiger partial charge in [0, 0.05) is 35.3 Å². The van der Waals surface area contributed by atoms with Crippen LogP contribution in [-0.4, -0.2) is 41.6 Å². The van der Waals surface area contributed by atoms with Crippen LogP contribution in [0.3, 0.4) is 0 Å². The molecule has 72 heavy (non-hydrogen) atoms. The molecule has 0 aliphatic heterocycles. The first-order valence-corrected chi connectivity index (χ1v) is 22.2. The summed E-state index contributed by atoms with van der Waals surface area (Å²) in [6.07, 6.45) is 1.44. The molecule has 358 valence electrons. The van der Waals surface area contributed by atoms with Gasteiger partial charge >= 0.3 is 24.1 Å². The summed E-state index contributed by atoms with van der Waals surface area (Å²) in [5.41, 5.74) is 7.82. The van der Waals surface area contributed by atoms with Gasteiger partial charge in [-0.1, -0.05) is 120 Å². The smallest absolute Gasteiger partial charge is 0.426 e. The number of rotatable bonds is 18. The second-order valence-electron chi connectivity index (χ2n) is 15.9. The van der Waals surface area contributed by atoms with E-state index in [1.165, 1.54) is 6.08 Å². The Morgan fingerprint density at radius 2 is 0.972 bits per heavy atom. The van der Waals surface area contributed by atoms with Gasteiger partial charge in [-0.05, 0) is 108 Å². The number of nitrogens with zero attached hydrogens (tertiary/aromatic N) is 4. The fourth-order valence-electron chi connectivity index (χ4n) is 7.05. The number of carbonyl (C=O) groups excluding carboxylic acids is 5. The number of hydrogen-bond acceptors (Lipinski definition) is 14. The topological polar surface area (TPSA) is 216 Å². The molecule has 0 aliphatic carbocycles. The fraction of sp³-hybridized carbons (Fsp3) is 0.107. The van der Waals surface area contributed by atoms with Crippen LogP contribution in [-0.2, 0) is 50.0 Å². The Morgan fingerprint density at radius 3 is 1.44 bits per heavy atom. The zero-order chi connectivity index (χ0) is 50.7. The first kappa shape index (κ1) is 49.9. The standard InChI is InChI=1S/C56H44N6O10/c1-37-16-18-39(29-49(37)60-36-63)31-51(64)69-47-24-20-45(21-25-47)53(43-12-5-3-6-13-43)61-71-55(66)58-33-41-10-9-11-42(28-41)34-59-56(67)72-62-54(44-14-7-4-8-15-44)46-22-26-48(27-23-46)70-52(65)32-40-19-17-38(2)50(30-40)68-35-57/h3-30H,31-34H2,1-2H3,(H,58,66)(H,59,67)/b61-53+,62-54+.